The maximum atomic E-state index is 6.23. The lowest BCUT2D eigenvalue weighted by Gasteiger charge is -2.42. The minimum absolute atomic E-state index is 0.288. The van der Waals surface area contributed by atoms with E-state index < -0.39 is 0 Å². The third-order valence-corrected chi connectivity index (χ3v) is 5.96. The first-order valence-electron chi connectivity index (χ1n) is 8.39. The smallest absolute Gasteiger partial charge is 0.0329 e. The first kappa shape index (κ1) is 15.3. The molecule has 0 saturated heterocycles. The SMILES string of the molecule is CN(CC1CCCC1)C1(CN)CCCC(C)(C)CC1. The van der Waals surface area contributed by atoms with Gasteiger partial charge >= 0.3 is 0 Å². The van der Waals surface area contributed by atoms with Crippen LogP contribution in [0.3, 0.4) is 0 Å². The van der Waals surface area contributed by atoms with Crippen molar-refractivity contribution < 1.29 is 0 Å². The van der Waals surface area contributed by atoms with E-state index in [-0.39, 0.29) is 5.54 Å². The monoisotopic (exact) mass is 266 g/mol. The number of rotatable bonds is 4. The highest BCUT2D eigenvalue weighted by atomic mass is 15.2. The zero-order valence-electron chi connectivity index (χ0n) is 13.4. The van der Waals surface area contributed by atoms with Crippen LogP contribution in [0.2, 0.25) is 0 Å². The van der Waals surface area contributed by atoms with Crippen molar-refractivity contribution in [1.29, 1.82) is 0 Å². The molecule has 0 amide bonds. The highest BCUT2D eigenvalue weighted by molar-refractivity contribution is 4.95. The van der Waals surface area contributed by atoms with E-state index in [2.05, 4.69) is 25.8 Å². The van der Waals surface area contributed by atoms with Crippen molar-refractivity contribution in [3.8, 4) is 0 Å². The lowest BCUT2D eigenvalue weighted by atomic mass is 9.83. The number of nitrogens with zero attached hydrogens (tertiary/aromatic N) is 1. The Hall–Kier alpha value is -0.0800. The Morgan fingerprint density at radius 1 is 1.00 bits per heavy atom. The number of hydrogen-bond acceptors (Lipinski definition) is 2. The first-order chi connectivity index (χ1) is 8.97. The van der Waals surface area contributed by atoms with E-state index in [1.54, 1.807) is 0 Å². The largest absolute Gasteiger partial charge is 0.329 e. The molecule has 0 aromatic rings. The molecule has 1 unspecified atom stereocenters. The first-order valence-corrected chi connectivity index (χ1v) is 8.39. The molecular formula is C17H34N2. The third-order valence-electron chi connectivity index (χ3n) is 5.96. The van der Waals surface area contributed by atoms with E-state index in [1.807, 2.05) is 0 Å². The topological polar surface area (TPSA) is 29.3 Å². The Labute approximate surface area is 120 Å². The minimum atomic E-state index is 0.288. The number of hydrogen-bond donors (Lipinski definition) is 1. The van der Waals surface area contributed by atoms with Gasteiger partial charge in [0.05, 0.1) is 0 Å². The molecule has 2 fully saturated rings. The van der Waals surface area contributed by atoms with E-state index in [1.165, 1.54) is 64.3 Å². The van der Waals surface area contributed by atoms with Crippen LogP contribution in [0.25, 0.3) is 0 Å². The second kappa shape index (κ2) is 6.13. The molecule has 0 spiro atoms. The van der Waals surface area contributed by atoms with Crippen molar-refractivity contribution in [3.63, 3.8) is 0 Å². The standard InChI is InChI=1S/C17H34N2/c1-16(2)9-6-10-17(14-18,12-11-16)19(3)13-15-7-4-5-8-15/h15H,4-14,18H2,1-3H3. The van der Waals surface area contributed by atoms with E-state index in [4.69, 9.17) is 5.73 Å². The van der Waals surface area contributed by atoms with Crippen molar-refractivity contribution in [2.24, 2.45) is 17.1 Å². The molecule has 0 radical (unpaired) electrons. The highest BCUT2D eigenvalue weighted by Gasteiger charge is 2.38. The molecule has 0 heterocycles. The van der Waals surface area contributed by atoms with Crippen LogP contribution in [0, 0.1) is 11.3 Å². The maximum Gasteiger partial charge on any atom is 0.0329 e. The van der Waals surface area contributed by atoms with Gasteiger partial charge < -0.3 is 5.73 Å². The van der Waals surface area contributed by atoms with Gasteiger partial charge in [-0.1, -0.05) is 33.1 Å². The molecule has 2 rings (SSSR count). The summed E-state index contributed by atoms with van der Waals surface area (Å²) in [6.45, 7) is 6.97. The third kappa shape index (κ3) is 3.72. The molecule has 2 aliphatic carbocycles. The van der Waals surface area contributed by atoms with Crippen molar-refractivity contribution in [2.75, 3.05) is 20.1 Å². The summed E-state index contributed by atoms with van der Waals surface area (Å²) in [6, 6.07) is 0. The Bertz CT molecular complexity index is 281. The lowest BCUT2D eigenvalue weighted by Crippen LogP contribution is -2.53. The van der Waals surface area contributed by atoms with E-state index in [9.17, 15) is 0 Å². The van der Waals surface area contributed by atoms with Gasteiger partial charge in [-0.15, -0.1) is 0 Å². The van der Waals surface area contributed by atoms with Crippen molar-refractivity contribution >= 4 is 0 Å². The van der Waals surface area contributed by atoms with E-state index in [0.717, 1.165) is 12.5 Å². The molecule has 2 aliphatic rings. The van der Waals surface area contributed by atoms with Gasteiger partial charge in [0.1, 0.15) is 0 Å². The molecule has 0 aromatic carbocycles. The molecule has 0 bridgehead atoms. The fourth-order valence-corrected chi connectivity index (χ4v) is 4.23. The molecule has 0 aliphatic heterocycles. The summed E-state index contributed by atoms with van der Waals surface area (Å²) in [5, 5.41) is 0. The predicted octanol–water partition coefficient (Wildman–Crippen LogP) is 3.80. The Balaban J connectivity index is 1.99. The second-order valence-corrected chi connectivity index (χ2v) is 7.98. The van der Waals surface area contributed by atoms with Crippen molar-refractivity contribution in [2.45, 2.75) is 77.2 Å². The number of nitrogens with two attached hydrogens (primary N) is 1. The highest BCUT2D eigenvalue weighted by Crippen LogP contribution is 2.40. The fourth-order valence-electron chi connectivity index (χ4n) is 4.23. The normalized spacial score (nSPS) is 32.7. The van der Waals surface area contributed by atoms with Crippen LogP contribution < -0.4 is 5.73 Å². The van der Waals surface area contributed by atoms with Gasteiger partial charge in [0.25, 0.3) is 0 Å². The van der Waals surface area contributed by atoms with Gasteiger partial charge in [0.15, 0.2) is 0 Å². The Kier molecular flexibility index (Phi) is 4.94. The van der Waals surface area contributed by atoms with Gasteiger partial charge in [-0.2, -0.15) is 0 Å². The Morgan fingerprint density at radius 2 is 1.68 bits per heavy atom. The average molecular weight is 266 g/mol. The Morgan fingerprint density at radius 3 is 2.32 bits per heavy atom. The maximum absolute atomic E-state index is 6.23. The second-order valence-electron chi connectivity index (χ2n) is 7.98. The van der Waals surface area contributed by atoms with Crippen molar-refractivity contribution in [1.82, 2.24) is 4.90 Å². The molecule has 2 heteroatoms. The van der Waals surface area contributed by atoms with Crippen LogP contribution in [-0.4, -0.2) is 30.6 Å². The molecule has 0 aromatic heterocycles. The zero-order chi connectivity index (χ0) is 13.9. The fraction of sp³-hybridized carbons (Fsp3) is 1.00. The van der Waals surface area contributed by atoms with Crippen LogP contribution in [0.1, 0.15) is 71.6 Å². The summed E-state index contributed by atoms with van der Waals surface area (Å²) in [4.78, 5) is 2.64. The quantitative estimate of drug-likeness (QED) is 0.784. The molecule has 1 atom stereocenters. The van der Waals surface area contributed by atoms with Gasteiger partial charge in [-0.05, 0) is 56.9 Å². The van der Waals surface area contributed by atoms with Gasteiger partial charge in [-0.25, -0.2) is 0 Å². The van der Waals surface area contributed by atoms with E-state index in [0.29, 0.717) is 5.41 Å². The van der Waals surface area contributed by atoms with Crippen LogP contribution in [0.4, 0.5) is 0 Å². The van der Waals surface area contributed by atoms with Crippen LogP contribution in [0.15, 0.2) is 0 Å². The van der Waals surface area contributed by atoms with E-state index >= 15 is 0 Å². The van der Waals surface area contributed by atoms with Crippen molar-refractivity contribution in [3.05, 3.63) is 0 Å². The zero-order valence-corrected chi connectivity index (χ0v) is 13.4. The van der Waals surface area contributed by atoms with Gasteiger partial charge in [0.2, 0.25) is 0 Å². The molecule has 112 valence electrons. The van der Waals surface area contributed by atoms with Crippen LogP contribution in [0.5, 0.6) is 0 Å². The summed E-state index contributed by atoms with van der Waals surface area (Å²) < 4.78 is 0. The molecule has 19 heavy (non-hydrogen) atoms. The summed E-state index contributed by atoms with van der Waals surface area (Å²) >= 11 is 0. The minimum Gasteiger partial charge on any atom is -0.329 e. The molecule has 2 nitrogen and oxygen atoms in total. The van der Waals surface area contributed by atoms with Crippen LogP contribution in [-0.2, 0) is 0 Å². The summed E-state index contributed by atoms with van der Waals surface area (Å²) in [7, 11) is 2.34. The van der Waals surface area contributed by atoms with Gasteiger partial charge in [-0.3, -0.25) is 4.90 Å². The van der Waals surface area contributed by atoms with Crippen LogP contribution >= 0.6 is 0 Å². The summed E-state index contributed by atoms with van der Waals surface area (Å²) in [5.74, 6) is 0.935. The lowest BCUT2D eigenvalue weighted by molar-refractivity contribution is 0.0868. The summed E-state index contributed by atoms with van der Waals surface area (Å²) in [6.07, 6.45) is 12.4. The molecule has 2 saturated carbocycles. The van der Waals surface area contributed by atoms with Gasteiger partial charge in [0, 0.05) is 18.6 Å². The average Bonchev–Trinajstić information content (AvgIpc) is 2.80. The molecular weight excluding hydrogens is 232 g/mol. The number of likely N-dealkylation sites (N-methyl/N-ethyl adjacent to an activating group) is 1. The molecule has 2 N–H and O–H groups in total. The summed E-state index contributed by atoms with van der Waals surface area (Å²) in [5.41, 5.74) is 7.04. The predicted molar refractivity (Wildman–Crippen MR) is 83.2 cm³/mol.